The normalized spacial score (nSPS) is 15.8. The molecule has 2 rings (SSSR count). The number of hydrogen-bond acceptors (Lipinski definition) is 2. The Kier molecular flexibility index (Phi) is 4.08. The predicted octanol–water partition coefficient (Wildman–Crippen LogP) is 2.77. The van der Waals surface area contributed by atoms with E-state index in [0.29, 0.717) is 6.54 Å². The standard InChI is InChI=1S/C16H25NO/c1-16(2,18)12-17(3)11-13-8-9-14-6-4-5-7-15(14)10-13/h8-10,18H,4-7,11-12H2,1-3H3. The zero-order valence-corrected chi connectivity index (χ0v) is 11.9. The maximum Gasteiger partial charge on any atom is 0.0718 e. The maximum absolute atomic E-state index is 9.82. The van der Waals surface area contributed by atoms with Crippen LogP contribution in [-0.4, -0.2) is 29.2 Å². The van der Waals surface area contributed by atoms with Gasteiger partial charge in [0.2, 0.25) is 0 Å². The van der Waals surface area contributed by atoms with Gasteiger partial charge in [-0.05, 0) is 63.3 Å². The van der Waals surface area contributed by atoms with Crippen molar-refractivity contribution >= 4 is 0 Å². The topological polar surface area (TPSA) is 23.5 Å². The van der Waals surface area contributed by atoms with E-state index in [4.69, 9.17) is 0 Å². The van der Waals surface area contributed by atoms with Crippen molar-refractivity contribution in [2.75, 3.05) is 13.6 Å². The van der Waals surface area contributed by atoms with Crippen LogP contribution in [0.4, 0.5) is 0 Å². The summed E-state index contributed by atoms with van der Waals surface area (Å²) in [5.41, 5.74) is 3.82. The van der Waals surface area contributed by atoms with Crippen molar-refractivity contribution in [3.63, 3.8) is 0 Å². The number of aliphatic hydroxyl groups is 1. The van der Waals surface area contributed by atoms with E-state index in [-0.39, 0.29) is 0 Å². The quantitative estimate of drug-likeness (QED) is 0.884. The molecule has 1 aliphatic rings. The highest BCUT2D eigenvalue weighted by molar-refractivity contribution is 5.33. The summed E-state index contributed by atoms with van der Waals surface area (Å²) in [6, 6.07) is 6.89. The fourth-order valence-corrected chi connectivity index (χ4v) is 2.91. The van der Waals surface area contributed by atoms with E-state index in [1.807, 2.05) is 13.8 Å². The van der Waals surface area contributed by atoms with Gasteiger partial charge in [0.25, 0.3) is 0 Å². The second-order valence-corrected chi connectivity index (χ2v) is 6.29. The van der Waals surface area contributed by atoms with Gasteiger partial charge >= 0.3 is 0 Å². The zero-order chi connectivity index (χ0) is 13.2. The van der Waals surface area contributed by atoms with Crippen molar-refractivity contribution in [3.05, 3.63) is 34.9 Å². The van der Waals surface area contributed by atoms with Gasteiger partial charge in [-0.15, -0.1) is 0 Å². The minimum Gasteiger partial charge on any atom is -0.389 e. The van der Waals surface area contributed by atoms with E-state index in [9.17, 15) is 5.11 Å². The Hall–Kier alpha value is -0.860. The van der Waals surface area contributed by atoms with Crippen LogP contribution in [0, 0.1) is 0 Å². The number of hydrogen-bond donors (Lipinski definition) is 1. The fraction of sp³-hybridized carbons (Fsp3) is 0.625. The van der Waals surface area contributed by atoms with Crippen LogP contribution in [0.5, 0.6) is 0 Å². The maximum atomic E-state index is 9.82. The van der Waals surface area contributed by atoms with E-state index in [1.165, 1.54) is 42.4 Å². The molecule has 1 N–H and O–H groups in total. The Morgan fingerprint density at radius 2 is 1.83 bits per heavy atom. The molecule has 0 aliphatic heterocycles. The van der Waals surface area contributed by atoms with E-state index in [0.717, 1.165) is 6.54 Å². The van der Waals surface area contributed by atoms with Gasteiger partial charge in [0.1, 0.15) is 0 Å². The summed E-state index contributed by atoms with van der Waals surface area (Å²) in [4.78, 5) is 2.19. The average Bonchev–Trinajstić information content (AvgIpc) is 2.26. The minimum atomic E-state index is -0.622. The van der Waals surface area contributed by atoms with E-state index in [1.54, 1.807) is 0 Å². The third-order valence-corrected chi connectivity index (χ3v) is 3.52. The lowest BCUT2D eigenvalue weighted by Crippen LogP contribution is -2.35. The van der Waals surface area contributed by atoms with Gasteiger partial charge in [-0.1, -0.05) is 18.2 Å². The third-order valence-electron chi connectivity index (χ3n) is 3.52. The minimum absolute atomic E-state index is 0.622. The van der Waals surface area contributed by atoms with E-state index in [2.05, 4.69) is 30.1 Å². The summed E-state index contributed by atoms with van der Waals surface area (Å²) in [6.45, 7) is 5.33. The Bertz CT molecular complexity index is 406. The summed E-state index contributed by atoms with van der Waals surface area (Å²) in [5.74, 6) is 0. The summed E-state index contributed by atoms with van der Waals surface area (Å²) in [7, 11) is 2.07. The molecule has 100 valence electrons. The molecule has 1 aromatic rings. The highest BCUT2D eigenvalue weighted by atomic mass is 16.3. The molecule has 1 aliphatic carbocycles. The number of rotatable bonds is 4. The monoisotopic (exact) mass is 247 g/mol. The van der Waals surface area contributed by atoms with Crippen LogP contribution in [0.25, 0.3) is 0 Å². The van der Waals surface area contributed by atoms with Crippen molar-refractivity contribution < 1.29 is 5.11 Å². The smallest absolute Gasteiger partial charge is 0.0718 e. The van der Waals surface area contributed by atoms with Crippen LogP contribution in [0.2, 0.25) is 0 Å². The lowest BCUT2D eigenvalue weighted by Gasteiger charge is -2.26. The first-order chi connectivity index (χ1) is 8.44. The van der Waals surface area contributed by atoms with Gasteiger partial charge in [0.05, 0.1) is 5.60 Å². The molecule has 0 saturated carbocycles. The lowest BCUT2D eigenvalue weighted by molar-refractivity contribution is 0.0425. The molecule has 1 aromatic carbocycles. The van der Waals surface area contributed by atoms with Crippen molar-refractivity contribution in [3.8, 4) is 0 Å². The van der Waals surface area contributed by atoms with Gasteiger partial charge in [-0.2, -0.15) is 0 Å². The van der Waals surface area contributed by atoms with Gasteiger partial charge in [-0.3, -0.25) is 4.90 Å². The van der Waals surface area contributed by atoms with Crippen LogP contribution in [0.1, 0.15) is 43.4 Å². The molecule has 0 heterocycles. The van der Waals surface area contributed by atoms with Crippen molar-refractivity contribution in [1.29, 1.82) is 0 Å². The lowest BCUT2D eigenvalue weighted by atomic mass is 9.90. The first-order valence-electron chi connectivity index (χ1n) is 6.96. The van der Waals surface area contributed by atoms with Crippen molar-refractivity contribution in [2.45, 2.75) is 51.7 Å². The second-order valence-electron chi connectivity index (χ2n) is 6.29. The van der Waals surface area contributed by atoms with E-state index < -0.39 is 5.60 Å². The SMILES string of the molecule is CN(Cc1ccc2c(c1)CCCC2)CC(C)(C)O. The summed E-state index contributed by atoms with van der Waals surface area (Å²) >= 11 is 0. The van der Waals surface area contributed by atoms with Gasteiger partial charge in [0.15, 0.2) is 0 Å². The molecule has 2 heteroatoms. The van der Waals surface area contributed by atoms with Crippen LogP contribution in [-0.2, 0) is 19.4 Å². The van der Waals surface area contributed by atoms with Gasteiger partial charge in [0, 0.05) is 13.1 Å². The first-order valence-corrected chi connectivity index (χ1v) is 6.96. The average molecular weight is 247 g/mol. The molecule has 0 atom stereocenters. The highest BCUT2D eigenvalue weighted by Crippen LogP contribution is 2.22. The molecule has 0 spiro atoms. The van der Waals surface area contributed by atoms with Crippen LogP contribution in [0.15, 0.2) is 18.2 Å². The number of benzene rings is 1. The summed E-state index contributed by atoms with van der Waals surface area (Å²) in [5, 5.41) is 9.82. The van der Waals surface area contributed by atoms with Crippen LogP contribution >= 0.6 is 0 Å². The third kappa shape index (κ3) is 3.82. The Morgan fingerprint density at radius 1 is 1.17 bits per heavy atom. The Morgan fingerprint density at radius 3 is 2.50 bits per heavy atom. The van der Waals surface area contributed by atoms with Crippen molar-refractivity contribution in [2.24, 2.45) is 0 Å². The number of nitrogens with zero attached hydrogens (tertiary/aromatic N) is 1. The van der Waals surface area contributed by atoms with Gasteiger partial charge in [-0.25, -0.2) is 0 Å². The Labute approximate surface area is 111 Å². The van der Waals surface area contributed by atoms with Gasteiger partial charge < -0.3 is 5.11 Å². The molecule has 0 bridgehead atoms. The zero-order valence-electron chi connectivity index (χ0n) is 11.9. The summed E-state index contributed by atoms with van der Waals surface area (Å²) in [6.07, 6.45) is 5.15. The van der Waals surface area contributed by atoms with Crippen LogP contribution < -0.4 is 0 Å². The Balaban J connectivity index is 2.01. The molecular weight excluding hydrogens is 222 g/mol. The molecule has 0 saturated heterocycles. The number of fused-ring (bicyclic) bond motifs is 1. The molecule has 0 unspecified atom stereocenters. The molecule has 0 amide bonds. The molecule has 2 nitrogen and oxygen atoms in total. The largest absolute Gasteiger partial charge is 0.389 e. The number of likely N-dealkylation sites (N-methyl/N-ethyl adjacent to an activating group) is 1. The highest BCUT2D eigenvalue weighted by Gasteiger charge is 2.16. The molecule has 18 heavy (non-hydrogen) atoms. The second kappa shape index (κ2) is 5.41. The fourth-order valence-electron chi connectivity index (χ4n) is 2.91. The van der Waals surface area contributed by atoms with Crippen LogP contribution in [0.3, 0.4) is 0 Å². The predicted molar refractivity (Wildman–Crippen MR) is 75.7 cm³/mol. The molecule has 0 aromatic heterocycles. The van der Waals surface area contributed by atoms with E-state index >= 15 is 0 Å². The molecular formula is C16H25NO. The number of aryl methyl sites for hydroxylation is 2. The van der Waals surface area contributed by atoms with Crippen molar-refractivity contribution in [1.82, 2.24) is 4.90 Å². The molecule has 0 radical (unpaired) electrons. The molecule has 0 fully saturated rings. The summed E-state index contributed by atoms with van der Waals surface area (Å²) < 4.78 is 0. The first kappa shape index (κ1) is 13.6.